The van der Waals surface area contributed by atoms with E-state index in [1.165, 1.54) is 39.2 Å². The smallest absolute Gasteiger partial charge is 0.406 e. The van der Waals surface area contributed by atoms with Gasteiger partial charge in [0.25, 0.3) is 5.91 Å². The molecule has 0 bridgehead atoms. The van der Waals surface area contributed by atoms with Crippen molar-refractivity contribution in [3.63, 3.8) is 0 Å². The molecular formula is C30H40ClN3O5. The quantitative estimate of drug-likeness (QED) is 0.317. The van der Waals surface area contributed by atoms with E-state index >= 15 is 0 Å². The van der Waals surface area contributed by atoms with Gasteiger partial charge in [0.15, 0.2) is 0 Å². The largest absolute Gasteiger partial charge is 0.493 e. The fraction of sp³-hybridized carbons (Fsp3) is 0.533. The molecule has 8 nitrogen and oxygen atoms in total. The maximum Gasteiger partial charge on any atom is 0.406 e. The minimum Gasteiger partial charge on any atom is -0.493 e. The standard InChI is InChI=1S/C30H40ClN3O5/c1-32-19-24(15-20-7-4-3-5-8-20)34-29(35)22-17-26(25-11-13-38-27(25)18-22)28(21-9-6-10-23(31)16-21)39-14-12-33-30(36)37-2/h6,9-10,16-18,20,24,28,32H,3-5,7-8,11-15,19H2,1-2H3,(H,33,36)(H,34,35)/t24-,28+/m0/s1. The monoisotopic (exact) mass is 557 g/mol. The SMILES string of the molecule is CNC[C@H](CC1CCCCC1)NC(=O)c1cc2c(c([C@H](OCCNC(=O)OC)c3cccc(Cl)c3)c1)CCO2. The summed E-state index contributed by atoms with van der Waals surface area (Å²) in [6.45, 7) is 1.78. The van der Waals surface area contributed by atoms with E-state index in [2.05, 4.69) is 20.7 Å². The molecule has 3 N–H and O–H groups in total. The Labute approximate surface area is 236 Å². The molecule has 2 atom stereocenters. The van der Waals surface area contributed by atoms with Crippen molar-refractivity contribution in [3.05, 3.63) is 63.7 Å². The van der Waals surface area contributed by atoms with Crippen molar-refractivity contribution in [1.29, 1.82) is 0 Å². The van der Waals surface area contributed by atoms with Crippen molar-refractivity contribution >= 4 is 23.6 Å². The molecule has 212 valence electrons. The highest BCUT2D eigenvalue weighted by Crippen LogP contribution is 2.38. The van der Waals surface area contributed by atoms with Crippen LogP contribution in [0.5, 0.6) is 5.75 Å². The fourth-order valence-electron chi connectivity index (χ4n) is 5.66. The van der Waals surface area contributed by atoms with E-state index in [4.69, 9.17) is 21.1 Å². The Morgan fingerprint density at radius 2 is 1.97 bits per heavy atom. The predicted octanol–water partition coefficient (Wildman–Crippen LogP) is 5.03. The number of halogens is 1. The lowest BCUT2D eigenvalue weighted by atomic mass is 9.84. The minimum absolute atomic E-state index is 0.0487. The van der Waals surface area contributed by atoms with Crippen LogP contribution in [0.1, 0.15) is 71.7 Å². The number of methoxy groups -OCH3 is 1. The van der Waals surface area contributed by atoms with Gasteiger partial charge in [-0.15, -0.1) is 0 Å². The predicted molar refractivity (Wildman–Crippen MR) is 152 cm³/mol. The second-order valence-electron chi connectivity index (χ2n) is 10.3. The van der Waals surface area contributed by atoms with Crippen LogP contribution in [0.4, 0.5) is 4.79 Å². The lowest BCUT2D eigenvalue weighted by Crippen LogP contribution is -2.42. The van der Waals surface area contributed by atoms with Gasteiger partial charge in [-0.1, -0.05) is 55.8 Å². The van der Waals surface area contributed by atoms with Crippen molar-refractivity contribution in [2.45, 2.75) is 57.1 Å². The number of likely N-dealkylation sites (N-methyl/N-ethyl adjacent to an activating group) is 1. The van der Waals surface area contributed by atoms with Crippen molar-refractivity contribution in [2.75, 3.05) is 40.5 Å². The first-order valence-electron chi connectivity index (χ1n) is 13.9. The molecule has 1 aliphatic heterocycles. The molecule has 1 heterocycles. The Morgan fingerprint density at radius 3 is 2.72 bits per heavy atom. The van der Waals surface area contributed by atoms with Gasteiger partial charge in [-0.25, -0.2) is 4.79 Å². The first-order valence-corrected chi connectivity index (χ1v) is 14.3. The molecule has 1 aliphatic carbocycles. The van der Waals surface area contributed by atoms with E-state index in [1.807, 2.05) is 43.4 Å². The molecular weight excluding hydrogens is 518 g/mol. The van der Waals surface area contributed by atoms with Crippen LogP contribution in [0, 0.1) is 5.92 Å². The van der Waals surface area contributed by atoms with E-state index in [0.29, 0.717) is 28.9 Å². The van der Waals surface area contributed by atoms with Gasteiger partial charge in [-0.05, 0) is 54.8 Å². The average molecular weight is 558 g/mol. The number of hydrogen-bond donors (Lipinski definition) is 3. The molecule has 39 heavy (non-hydrogen) atoms. The number of carbonyl (C=O) groups excluding carboxylic acids is 2. The van der Waals surface area contributed by atoms with Crippen LogP contribution in [0.3, 0.4) is 0 Å². The molecule has 2 aliphatic rings. The molecule has 2 aromatic rings. The molecule has 1 fully saturated rings. The van der Waals surface area contributed by atoms with E-state index in [9.17, 15) is 9.59 Å². The Kier molecular flexibility index (Phi) is 10.9. The fourth-order valence-corrected chi connectivity index (χ4v) is 5.86. The van der Waals surface area contributed by atoms with Crippen LogP contribution < -0.4 is 20.7 Å². The minimum atomic E-state index is -0.518. The number of amides is 2. The first kappa shape index (κ1) is 29.2. The maximum atomic E-state index is 13.6. The Bertz CT molecular complexity index is 1120. The molecule has 0 spiro atoms. The van der Waals surface area contributed by atoms with Crippen molar-refractivity contribution in [3.8, 4) is 5.75 Å². The van der Waals surface area contributed by atoms with Crippen LogP contribution in [0.15, 0.2) is 36.4 Å². The highest BCUT2D eigenvalue weighted by atomic mass is 35.5. The summed E-state index contributed by atoms with van der Waals surface area (Å²) in [6, 6.07) is 11.3. The zero-order valence-corrected chi connectivity index (χ0v) is 23.6. The topological polar surface area (TPSA) is 97.9 Å². The third kappa shape index (κ3) is 8.10. The maximum absolute atomic E-state index is 13.6. The van der Waals surface area contributed by atoms with Gasteiger partial charge in [0, 0.05) is 41.7 Å². The normalized spacial score (nSPS) is 16.6. The molecule has 2 aromatic carbocycles. The van der Waals surface area contributed by atoms with E-state index in [0.717, 1.165) is 36.1 Å². The zero-order valence-electron chi connectivity index (χ0n) is 22.9. The second-order valence-corrected chi connectivity index (χ2v) is 10.8. The number of nitrogens with one attached hydrogen (secondary N) is 3. The van der Waals surface area contributed by atoms with Crippen LogP contribution in [0.2, 0.25) is 5.02 Å². The number of hydrogen-bond acceptors (Lipinski definition) is 6. The molecule has 0 saturated heterocycles. The van der Waals surface area contributed by atoms with Crippen molar-refractivity contribution in [2.24, 2.45) is 5.92 Å². The van der Waals surface area contributed by atoms with Gasteiger partial charge >= 0.3 is 6.09 Å². The van der Waals surface area contributed by atoms with Gasteiger partial charge in [-0.2, -0.15) is 0 Å². The average Bonchev–Trinajstić information content (AvgIpc) is 3.42. The van der Waals surface area contributed by atoms with Gasteiger partial charge < -0.3 is 30.2 Å². The first-order chi connectivity index (χ1) is 19.0. The summed E-state index contributed by atoms with van der Waals surface area (Å²) in [6.07, 6.45) is 7.00. The summed E-state index contributed by atoms with van der Waals surface area (Å²) in [5, 5.41) is 9.76. The van der Waals surface area contributed by atoms with Crippen LogP contribution >= 0.6 is 11.6 Å². The number of benzene rings is 2. The highest BCUT2D eigenvalue weighted by Gasteiger charge is 2.28. The number of rotatable bonds is 12. The van der Waals surface area contributed by atoms with Crippen molar-refractivity contribution in [1.82, 2.24) is 16.0 Å². The molecule has 0 unspecified atom stereocenters. The summed E-state index contributed by atoms with van der Waals surface area (Å²) in [5.41, 5.74) is 3.29. The number of carbonyl (C=O) groups is 2. The van der Waals surface area contributed by atoms with Gasteiger partial charge in [0.05, 0.1) is 20.3 Å². The summed E-state index contributed by atoms with van der Waals surface area (Å²) in [5.74, 6) is 1.23. The van der Waals surface area contributed by atoms with Crippen molar-refractivity contribution < 1.29 is 23.8 Å². The number of fused-ring (bicyclic) bond motifs is 1. The Morgan fingerprint density at radius 1 is 1.15 bits per heavy atom. The Hall–Kier alpha value is -2.81. The van der Waals surface area contributed by atoms with Crippen LogP contribution in [0.25, 0.3) is 0 Å². The summed E-state index contributed by atoms with van der Waals surface area (Å²) >= 11 is 6.34. The third-order valence-electron chi connectivity index (χ3n) is 7.52. The molecule has 0 radical (unpaired) electrons. The highest BCUT2D eigenvalue weighted by molar-refractivity contribution is 6.30. The van der Waals surface area contributed by atoms with Gasteiger partial charge in [0.1, 0.15) is 11.9 Å². The Balaban J connectivity index is 1.59. The lowest BCUT2D eigenvalue weighted by Gasteiger charge is -2.27. The number of alkyl carbamates (subject to hydrolysis) is 1. The van der Waals surface area contributed by atoms with Gasteiger partial charge in [-0.3, -0.25) is 4.79 Å². The number of ether oxygens (including phenoxy) is 3. The molecule has 1 saturated carbocycles. The molecule has 4 rings (SSSR count). The molecule has 2 amide bonds. The summed E-state index contributed by atoms with van der Waals surface area (Å²) in [7, 11) is 3.24. The van der Waals surface area contributed by atoms with E-state index < -0.39 is 12.2 Å². The zero-order chi connectivity index (χ0) is 27.6. The third-order valence-corrected chi connectivity index (χ3v) is 7.75. The van der Waals surface area contributed by atoms with E-state index in [1.54, 1.807) is 0 Å². The molecule has 0 aromatic heterocycles. The summed E-state index contributed by atoms with van der Waals surface area (Å²) in [4.78, 5) is 25.1. The molecule has 9 heteroatoms. The lowest BCUT2D eigenvalue weighted by molar-refractivity contribution is 0.0799. The van der Waals surface area contributed by atoms with E-state index in [-0.39, 0.29) is 25.1 Å². The van der Waals surface area contributed by atoms with Gasteiger partial charge in [0.2, 0.25) is 0 Å². The van der Waals surface area contributed by atoms with Crippen LogP contribution in [-0.4, -0.2) is 58.5 Å². The summed E-state index contributed by atoms with van der Waals surface area (Å²) < 4.78 is 16.9. The second kappa shape index (κ2) is 14.5. The van der Waals surface area contributed by atoms with Crippen LogP contribution in [-0.2, 0) is 15.9 Å².